The molecule has 1 aromatic carbocycles. The van der Waals surface area contributed by atoms with E-state index in [1.807, 2.05) is 24.4 Å². The van der Waals surface area contributed by atoms with Crippen molar-refractivity contribution in [3.05, 3.63) is 84.4 Å². The topological polar surface area (TPSA) is 45.6 Å². The van der Waals surface area contributed by atoms with E-state index < -0.39 is 0 Å². The van der Waals surface area contributed by atoms with Gasteiger partial charge in [0.15, 0.2) is 5.11 Å². The van der Waals surface area contributed by atoms with Crippen LogP contribution in [0.3, 0.4) is 0 Å². The summed E-state index contributed by atoms with van der Waals surface area (Å²) in [7, 11) is 0. The summed E-state index contributed by atoms with van der Waals surface area (Å²) in [4.78, 5) is 9.44. The molecule has 0 bridgehead atoms. The van der Waals surface area contributed by atoms with Crippen molar-refractivity contribution in [2.75, 3.05) is 39.4 Å². The van der Waals surface area contributed by atoms with Crippen molar-refractivity contribution in [1.82, 2.24) is 24.7 Å². The number of nitrogens with zero attached hydrogens (tertiary/aromatic N) is 4. The lowest BCUT2D eigenvalue weighted by molar-refractivity contribution is 0.0349. The number of benzene rings is 1. The van der Waals surface area contributed by atoms with Crippen LogP contribution in [0.15, 0.2) is 73.1 Å². The third-order valence-electron chi connectivity index (χ3n) is 6.08. The molecular formula is C24H27N5OS. The smallest absolute Gasteiger partial charge is 0.170 e. The summed E-state index contributed by atoms with van der Waals surface area (Å²) >= 11 is 5.83. The molecule has 0 radical (unpaired) electrons. The summed E-state index contributed by atoms with van der Waals surface area (Å²) in [6, 6.07) is 20.9. The SMILES string of the molecule is S=C1N[C@H](c2ccccn2)[C@H](c2cccn2-c2ccccc2)N1CCN1CCOCC1. The van der Waals surface area contributed by atoms with Gasteiger partial charge in [0, 0.05) is 50.0 Å². The summed E-state index contributed by atoms with van der Waals surface area (Å²) in [5, 5.41) is 4.35. The van der Waals surface area contributed by atoms with Crippen LogP contribution in [0.25, 0.3) is 5.69 Å². The van der Waals surface area contributed by atoms with Gasteiger partial charge in [-0.15, -0.1) is 0 Å². The minimum atomic E-state index is -0.00393. The number of morpholine rings is 1. The van der Waals surface area contributed by atoms with E-state index in [1.54, 1.807) is 0 Å². The van der Waals surface area contributed by atoms with Gasteiger partial charge in [0.1, 0.15) is 0 Å². The zero-order valence-electron chi connectivity index (χ0n) is 17.4. The summed E-state index contributed by atoms with van der Waals surface area (Å²) in [6.45, 7) is 5.38. The van der Waals surface area contributed by atoms with Gasteiger partial charge < -0.3 is 19.5 Å². The highest BCUT2D eigenvalue weighted by Crippen LogP contribution is 2.39. The van der Waals surface area contributed by atoms with Crippen molar-refractivity contribution in [1.29, 1.82) is 0 Å². The molecule has 2 fully saturated rings. The number of nitrogens with one attached hydrogen (secondary N) is 1. The van der Waals surface area contributed by atoms with E-state index in [0.29, 0.717) is 0 Å². The second-order valence-corrected chi connectivity index (χ2v) is 8.30. The molecule has 4 heterocycles. The first kappa shape index (κ1) is 20.2. The van der Waals surface area contributed by atoms with Crippen LogP contribution in [0.5, 0.6) is 0 Å². The third kappa shape index (κ3) is 4.21. The van der Waals surface area contributed by atoms with Crippen LogP contribution in [-0.2, 0) is 4.74 Å². The molecule has 2 atom stereocenters. The lowest BCUT2D eigenvalue weighted by Gasteiger charge is -2.32. The van der Waals surface area contributed by atoms with Gasteiger partial charge in [-0.25, -0.2) is 0 Å². The minimum absolute atomic E-state index is 0.00393. The van der Waals surface area contributed by atoms with Crippen molar-refractivity contribution in [2.45, 2.75) is 12.1 Å². The van der Waals surface area contributed by atoms with Crippen LogP contribution < -0.4 is 5.32 Å². The van der Waals surface area contributed by atoms with Crippen LogP contribution in [-0.4, -0.2) is 63.9 Å². The molecule has 3 aromatic rings. The van der Waals surface area contributed by atoms with E-state index in [1.165, 1.54) is 5.69 Å². The number of para-hydroxylation sites is 1. The van der Waals surface area contributed by atoms with Crippen LogP contribution in [0.2, 0.25) is 0 Å². The molecule has 1 N–H and O–H groups in total. The lowest BCUT2D eigenvalue weighted by atomic mass is 10.0. The Morgan fingerprint density at radius 2 is 1.77 bits per heavy atom. The zero-order chi connectivity index (χ0) is 21.0. The van der Waals surface area contributed by atoms with Crippen molar-refractivity contribution < 1.29 is 4.74 Å². The maximum Gasteiger partial charge on any atom is 0.170 e. The van der Waals surface area contributed by atoms with E-state index in [2.05, 4.69) is 73.3 Å². The van der Waals surface area contributed by atoms with E-state index in [9.17, 15) is 0 Å². The van der Waals surface area contributed by atoms with E-state index in [-0.39, 0.29) is 12.1 Å². The fourth-order valence-electron chi connectivity index (χ4n) is 4.50. The molecule has 31 heavy (non-hydrogen) atoms. The summed E-state index contributed by atoms with van der Waals surface area (Å²) in [6.07, 6.45) is 3.98. The Morgan fingerprint density at radius 3 is 2.55 bits per heavy atom. The Kier molecular flexibility index (Phi) is 5.97. The van der Waals surface area contributed by atoms with Crippen LogP contribution in [0.4, 0.5) is 0 Å². The molecule has 0 spiro atoms. The molecule has 2 aliphatic rings. The molecule has 2 aliphatic heterocycles. The van der Waals surface area contributed by atoms with Gasteiger partial charge in [-0.05, 0) is 48.6 Å². The molecule has 6 nitrogen and oxygen atoms in total. The second kappa shape index (κ2) is 9.18. The normalized spacial score (nSPS) is 21.9. The minimum Gasteiger partial charge on any atom is -0.379 e. The predicted molar refractivity (Wildman–Crippen MR) is 125 cm³/mol. The zero-order valence-corrected chi connectivity index (χ0v) is 18.2. The largest absolute Gasteiger partial charge is 0.379 e. The van der Waals surface area contributed by atoms with Crippen molar-refractivity contribution in [3.63, 3.8) is 0 Å². The maximum absolute atomic E-state index is 5.83. The average Bonchev–Trinajstić information content (AvgIpc) is 3.44. The first-order valence-electron chi connectivity index (χ1n) is 10.8. The standard InChI is InChI=1S/C24H27N5OS/c31-24-26-22(20-9-4-5-11-25-20)23(29(24)14-13-27-15-17-30-18-16-27)21-10-6-12-28(21)19-7-2-1-3-8-19/h1-12,22-23H,13-18H2,(H,26,31)/t22-,23+/m1/s1. The van der Waals surface area contributed by atoms with Gasteiger partial charge in [0.25, 0.3) is 0 Å². The fraction of sp³-hybridized carbons (Fsp3) is 0.333. The monoisotopic (exact) mass is 433 g/mol. The van der Waals surface area contributed by atoms with Gasteiger partial charge in [-0.3, -0.25) is 9.88 Å². The number of hydrogen-bond donors (Lipinski definition) is 1. The summed E-state index contributed by atoms with van der Waals surface area (Å²) in [5.74, 6) is 0. The van der Waals surface area contributed by atoms with Crippen LogP contribution in [0.1, 0.15) is 23.5 Å². The van der Waals surface area contributed by atoms with Crippen LogP contribution in [0, 0.1) is 0 Å². The molecule has 0 saturated carbocycles. The number of thiocarbonyl (C=S) groups is 1. The Bertz CT molecular complexity index is 1000. The highest BCUT2D eigenvalue weighted by Gasteiger charge is 2.41. The Morgan fingerprint density at radius 1 is 0.968 bits per heavy atom. The van der Waals surface area contributed by atoms with Crippen molar-refractivity contribution in [3.8, 4) is 5.69 Å². The Labute approximate surface area is 188 Å². The molecular weight excluding hydrogens is 406 g/mol. The number of aromatic nitrogens is 2. The average molecular weight is 434 g/mol. The highest BCUT2D eigenvalue weighted by molar-refractivity contribution is 7.80. The fourth-order valence-corrected chi connectivity index (χ4v) is 4.83. The van der Waals surface area contributed by atoms with Gasteiger partial charge in [-0.2, -0.15) is 0 Å². The molecule has 0 unspecified atom stereocenters. The maximum atomic E-state index is 5.83. The quantitative estimate of drug-likeness (QED) is 0.603. The van der Waals surface area contributed by atoms with Crippen LogP contribution >= 0.6 is 12.2 Å². The number of hydrogen-bond acceptors (Lipinski definition) is 4. The van der Waals surface area contributed by atoms with Gasteiger partial charge in [0.2, 0.25) is 0 Å². The molecule has 160 valence electrons. The third-order valence-corrected chi connectivity index (χ3v) is 6.43. The van der Waals surface area contributed by atoms with Gasteiger partial charge in [0.05, 0.1) is 31.0 Å². The Hall–Kier alpha value is -2.74. The van der Waals surface area contributed by atoms with E-state index >= 15 is 0 Å². The predicted octanol–water partition coefficient (Wildman–Crippen LogP) is 3.18. The van der Waals surface area contributed by atoms with E-state index in [4.69, 9.17) is 17.0 Å². The first-order chi connectivity index (χ1) is 15.3. The highest BCUT2D eigenvalue weighted by atomic mass is 32.1. The van der Waals surface area contributed by atoms with Gasteiger partial charge in [-0.1, -0.05) is 24.3 Å². The van der Waals surface area contributed by atoms with Crippen molar-refractivity contribution in [2.24, 2.45) is 0 Å². The van der Waals surface area contributed by atoms with Gasteiger partial charge >= 0.3 is 0 Å². The molecule has 2 saturated heterocycles. The summed E-state index contributed by atoms with van der Waals surface area (Å²) < 4.78 is 7.77. The number of pyridine rings is 1. The first-order valence-corrected chi connectivity index (χ1v) is 11.2. The molecule has 0 aliphatic carbocycles. The number of ether oxygens (including phenoxy) is 1. The Balaban J connectivity index is 1.49. The molecule has 0 amide bonds. The molecule has 7 heteroatoms. The number of rotatable bonds is 6. The van der Waals surface area contributed by atoms with E-state index in [0.717, 1.165) is 55.9 Å². The second-order valence-electron chi connectivity index (χ2n) is 7.91. The summed E-state index contributed by atoms with van der Waals surface area (Å²) in [5.41, 5.74) is 3.36. The molecule has 2 aromatic heterocycles. The van der Waals surface area contributed by atoms with Crippen molar-refractivity contribution >= 4 is 17.3 Å². The lowest BCUT2D eigenvalue weighted by Crippen LogP contribution is -2.42. The molecule has 5 rings (SSSR count).